The van der Waals surface area contributed by atoms with Crippen LogP contribution in [0.4, 0.5) is 10.1 Å². The maximum Gasteiger partial charge on any atom is 0.269 e. The zero-order valence-electron chi connectivity index (χ0n) is 12.6. The first kappa shape index (κ1) is 14.9. The molecule has 0 fully saturated rings. The Morgan fingerprint density at radius 3 is 2.78 bits per heavy atom. The van der Waals surface area contributed by atoms with E-state index < -0.39 is 0 Å². The van der Waals surface area contributed by atoms with Gasteiger partial charge < -0.3 is 9.32 Å². The third kappa shape index (κ3) is 3.25. The topological polar surface area (TPSA) is 77.1 Å². The van der Waals surface area contributed by atoms with Gasteiger partial charge in [0.15, 0.2) is 0 Å². The second-order valence-electron chi connectivity index (χ2n) is 5.12. The van der Waals surface area contributed by atoms with Crippen LogP contribution in [0.1, 0.15) is 5.89 Å². The summed E-state index contributed by atoms with van der Waals surface area (Å²) in [4.78, 5) is 13.8. The zero-order valence-corrected chi connectivity index (χ0v) is 12.6. The van der Waals surface area contributed by atoms with Crippen molar-refractivity contribution in [2.45, 2.75) is 6.54 Å². The van der Waals surface area contributed by atoms with Gasteiger partial charge in [-0.3, -0.25) is 4.79 Å². The lowest BCUT2D eigenvalue weighted by Gasteiger charge is -2.11. The summed E-state index contributed by atoms with van der Waals surface area (Å²) in [6.45, 7) is 0.0505. The quantitative estimate of drug-likeness (QED) is 0.727. The van der Waals surface area contributed by atoms with Crippen molar-refractivity contribution >= 4 is 5.69 Å². The monoisotopic (exact) mass is 315 g/mol. The smallest absolute Gasteiger partial charge is 0.269 e. The molecule has 0 atom stereocenters. The second kappa shape index (κ2) is 5.99. The van der Waals surface area contributed by atoms with E-state index >= 15 is 0 Å². The fourth-order valence-electron chi connectivity index (χ4n) is 1.97. The van der Waals surface area contributed by atoms with Gasteiger partial charge in [0.25, 0.3) is 5.56 Å². The van der Waals surface area contributed by atoms with Crippen LogP contribution >= 0.6 is 0 Å². The minimum Gasteiger partial charge on any atom is -0.419 e. The number of rotatable bonds is 4. The molecule has 0 unspecified atom stereocenters. The molecule has 118 valence electrons. The fraction of sp³-hybridized carbons (Fsp3) is 0.200. The summed E-state index contributed by atoms with van der Waals surface area (Å²) in [5.41, 5.74) is 0.908. The first-order valence-electron chi connectivity index (χ1n) is 6.86. The predicted octanol–water partition coefficient (Wildman–Crippen LogP) is 1.55. The lowest BCUT2D eigenvalue weighted by molar-refractivity contribution is 0.465. The van der Waals surface area contributed by atoms with E-state index in [1.54, 1.807) is 23.2 Å². The van der Waals surface area contributed by atoms with Crippen LogP contribution in [0.25, 0.3) is 11.5 Å². The van der Waals surface area contributed by atoms with E-state index in [9.17, 15) is 9.18 Å². The predicted molar refractivity (Wildman–Crippen MR) is 81.6 cm³/mol. The standard InChI is InChI=1S/C15H14FN5O2/c1-20(2)12-7-14(22)21(17-8-12)9-13-18-19-15(23-13)10-4-3-5-11(16)6-10/h3-8H,9H2,1-2H3. The largest absolute Gasteiger partial charge is 0.419 e. The summed E-state index contributed by atoms with van der Waals surface area (Å²) in [7, 11) is 3.65. The lowest BCUT2D eigenvalue weighted by Crippen LogP contribution is -2.24. The van der Waals surface area contributed by atoms with E-state index in [0.717, 1.165) is 0 Å². The molecular formula is C15H14FN5O2. The van der Waals surface area contributed by atoms with Crippen molar-refractivity contribution in [1.82, 2.24) is 20.0 Å². The molecule has 0 bridgehead atoms. The molecule has 2 heterocycles. The van der Waals surface area contributed by atoms with Gasteiger partial charge in [-0.2, -0.15) is 5.10 Å². The molecule has 2 aromatic heterocycles. The first-order valence-corrected chi connectivity index (χ1v) is 6.86. The number of nitrogens with zero attached hydrogens (tertiary/aromatic N) is 5. The van der Waals surface area contributed by atoms with Gasteiger partial charge in [-0.25, -0.2) is 9.07 Å². The van der Waals surface area contributed by atoms with Gasteiger partial charge in [0.1, 0.15) is 12.4 Å². The van der Waals surface area contributed by atoms with E-state index in [4.69, 9.17) is 4.42 Å². The molecule has 1 aromatic carbocycles. The van der Waals surface area contributed by atoms with Crippen molar-refractivity contribution in [3.8, 4) is 11.5 Å². The fourth-order valence-corrected chi connectivity index (χ4v) is 1.97. The van der Waals surface area contributed by atoms with Crippen molar-refractivity contribution in [1.29, 1.82) is 0 Å². The summed E-state index contributed by atoms with van der Waals surface area (Å²) in [6.07, 6.45) is 1.57. The molecule has 7 nitrogen and oxygen atoms in total. The summed E-state index contributed by atoms with van der Waals surface area (Å²) >= 11 is 0. The Balaban J connectivity index is 1.83. The molecule has 8 heteroatoms. The molecule has 0 aliphatic rings. The zero-order chi connectivity index (χ0) is 16.4. The molecule has 0 spiro atoms. The van der Waals surface area contributed by atoms with Crippen molar-refractivity contribution < 1.29 is 8.81 Å². The number of halogens is 1. The average molecular weight is 315 g/mol. The average Bonchev–Trinajstić information content (AvgIpc) is 2.98. The Hall–Kier alpha value is -3.03. The van der Waals surface area contributed by atoms with E-state index in [1.807, 2.05) is 14.1 Å². The Labute approximate surface area is 131 Å². The molecule has 3 aromatic rings. The number of hydrogen-bond donors (Lipinski definition) is 0. The Kier molecular flexibility index (Phi) is 3.88. The third-order valence-electron chi connectivity index (χ3n) is 3.19. The van der Waals surface area contributed by atoms with Crippen LogP contribution in [-0.4, -0.2) is 34.1 Å². The van der Waals surface area contributed by atoms with E-state index in [0.29, 0.717) is 11.3 Å². The number of anilines is 1. The summed E-state index contributed by atoms with van der Waals surface area (Å²) < 4.78 is 19.9. The Morgan fingerprint density at radius 2 is 2.09 bits per heavy atom. The van der Waals surface area contributed by atoms with E-state index in [2.05, 4.69) is 15.3 Å². The number of hydrogen-bond acceptors (Lipinski definition) is 6. The highest BCUT2D eigenvalue weighted by molar-refractivity contribution is 5.52. The maximum atomic E-state index is 13.2. The van der Waals surface area contributed by atoms with Gasteiger partial charge in [-0.1, -0.05) is 6.07 Å². The molecule has 0 saturated carbocycles. The normalized spacial score (nSPS) is 10.7. The van der Waals surface area contributed by atoms with Gasteiger partial charge in [0.2, 0.25) is 11.8 Å². The van der Waals surface area contributed by atoms with Crippen LogP contribution in [0.5, 0.6) is 0 Å². The molecule has 0 saturated heterocycles. The van der Waals surface area contributed by atoms with Crippen molar-refractivity contribution in [2.75, 3.05) is 19.0 Å². The summed E-state index contributed by atoms with van der Waals surface area (Å²) in [5, 5.41) is 11.8. The van der Waals surface area contributed by atoms with Gasteiger partial charge in [0.05, 0.1) is 11.9 Å². The van der Waals surface area contributed by atoms with Crippen LogP contribution < -0.4 is 10.5 Å². The van der Waals surface area contributed by atoms with E-state index in [-0.39, 0.29) is 29.7 Å². The summed E-state index contributed by atoms with van der Waals surface area (Å²) in [6, 6.07) is 7.32. The molecule has 0 aliphatic heterocycles. The van der Waals surface area contributed by atoms with Crippen LogP contribution in [-0.2, 0) is 6.54 Å². The molecule has 23 heavy (non-hydrogen) atoms. The van der Waals surface area contributed by atoms with Gasteiger partial charge in [-0.15, -0.1) is 10.2 Å². The Morgan fingerprint density at radius 1 is 1.26 bits per heavy atom. The second-order valence-corrected chi connectivity index (χ2v) is 5.12. The molecule has 0 radical (unpaired) electrons. The van der Waals surface area contributed by atoms with Gasteiger partial charge in [0, 0.05) is 25.7 Å². The molecule has 0 N–H and O–H groups in total. The highest BCUT2D eigenvalue weighted by Crippen LogP contribution is 2.18. The maximum absolute atomic E-state index is 13.2. The highest BCUT2D eigenvalue weighted by atomic mass is 19.1. The molecular weight excluding hydrogens is 301 g/mol. The van der Waals surface area contributed by atoms with Gasteiger partial charge >= 0.3 is 0 Å². The minimum absolute atomic E-state index is 0.0505. The lowest BCUT2D eigenvalue weighted by atomic mass is 10.2. The molecule has 0 aliphatic carbocycles. The molecule has 3 rings (SSSR count). The van der Waals surface area contributed by atoms with Crippen molar-refractivity contribution in [3.63, 3.8) is 0 Å². The minimum atomic E-state index is -0.389. The summed E-state index contributed by atoms with van der Waals surface area (Å²) in [5.74, 6) is 0.0216. The van der Waals surface area contributed by atoms with E-state index in [1.165, 1.54) is 22.9 Å². The Bertz CT molecular complexity index is 887. The third-order valence-corrected chi connectivity index (χ3v) is 3.19. The van der Waals surface area contributed by atoms with Crippen molar-refractivity contribution in [3.05, 3.63) is 58.6 Å². The SMILES string of the molecule is CN(C)c1cnn(Cc2nnc(-c3cccc(F)c3)o2)c(=O)c1. The molecule has 0 amide bonds. The van der Waals surface area contributed by atoms with Crippen molar-refractivity contribution in [2.24, 2.45) is 0 Å². The number of aromatic nitrogens is 4. The van der Waals surface area contributed by atoms with Crippen LogP contribution in [0.2, 0.25) is 0 Å². The van der Waals surface area contributed by atoms with Crippen LogP contribution in [0.3, 0.4) is 0 Å². The van der Waals surface area contributed by atoms with Crippen LogP contribution in [0.15, 0.2) is 45.7 Å². The highest BCUT2D eigenvalue weighted by Gasteiger charge is 2.11. The number of benzene rings is 1. The first-order chi connectivity index (χ1) is 11.0. The van der Waals surface area contributed by atoms with Crippen LogP contribution in [0, 0.1) is 5.82 Å². The van der Waals surface area contributed by atoms with Gasteiger partial charge in [-0.05, 0) is 18.2 Å².